The number of halogens is 1. The molecule has 0 aliphatic carbocycles. The summed E-state index contributed by atoms with van der Waals surface area (Å²) in [7, 11) is -2.55. The molecular formula is C26H29ClN2O4S. The van der Waals surface area contributed by atoms with Crippen LogP contribution >= 0.6 is 11.6 Å². The van der Waals surface area contributed by atoms with E-state index < -0.39 is 22.5 Å². The van der Waals surface area contributed by atoms with Crippen LogP contribution in [0, 0.1) is 20.8 Å². The number of anilines is 1. The Kier molecular flexibility index (Phi) is 7.89. The van der Waals surface area contributed by atoms with E-state index in [2.05, 4.69) is 17.4 Å². The average molecular weight is 501 g/mol. The molecule has 0 bridgehead atoms. The van der Waals surface area contributed by atoms with E-state index in [1.807, 2.05) is 27.7 Å². The number of benzene rings is 3. The van der Waals surface area contributed by atoms with Crippen LogP contribution < -0.4 is 14.4 Å². The summed E-state index contributed by atoms with van der Waals surface area (Å²) in [6.07, 6.45) is 0. The fourth-order valence-electron chi connectivity index (χ4n) is 3.77. The van der Waals surface area contributed by atoms with Gasteiger partial charge in [0.25, 0.3) is 10.0 Å². The molecule has 0 aliphatic heterocycles. The third kappa shape index (κ3) is 5.72. The maximum absolute atomic E-state index is 13.5. The van der Waals surface area contributed by atoms with E-state index in [1.165, 1.54) is 30.9 Å². The number of carbonyl (C=O) groups excluding carboxylic acids is 1. The van der Waals surface area contributed by atoms with Gasteiger partial charge in [-0.3, -0.25) is 9.10 Å². The van der Waals surface area contributed by atoms with Crippen LogP contribution in [0.3, 0.4) is 0 Å². The zero-order valence-corrected chi connectivity index (χ0v) is 21.5. The zero-order valence-electron chi connectivity index (χ0n) is 19.9. The van der Waals surface area contributed by atoms with Gasteiger partial charge in [-0.15, -0.1) is 0 Å². The normalized spacial score (nSPS) is 12.2. The molecule has 0 aromatic heterocycles. The van der Waals surface area contributed by atoms with Crippen molar-refractivity contribution in [2.45, 2.75) is 38.6 Å². The number of nitrogens with zero attached hydrogens (tertiary/aromatic N) is 1. The van der Waals surface area contributed by atoms with E-state index in [4.69, 9.17) is 16.3 Å². The van der Waals surface area contributed by atoms with Crippen molar-refractivity contribution in [3.05, 3.63) is 87.9 Å². The van der Waals surface area contributed by atoms with Crippen molar-refractivity contribution in [2.24, 2.45) is 0 Å². The third-order valence-corrected chi connectivity index (χ3v) is 7.78. The Morgan fingerprint density at radius 1 is 1.00 bits per heavy atom. The Hall–Kier alpha value is -3.03. The van der Waals surface area contributed by atoms with Crippen LogP contribution in [0.2, 0.25) is 5.02 Å². The molecule has 0 unspecified atom stereocenters. The molecule has 180 valence electrons. The molecule has 1 N–H and O–H groups in total. The summed E-state index contributed by atoms with van der Waals surface area (Å²) in [5.41, 5.74) is 4.66. The predicted molar refractivity (Wildman–Crippen MR) is 136 cm³/mol. The van der Waals surface area contributed by atoms with Crippen molar-refractivity contribution in [1.29, 1.82) is 0 Å². The summed E-state index contributed by atoms with van der Waals surface area (Å²) >= 11 is 6.13. The fraction of sp³-hybridized carbons (Fsp3) is 0.269. The summed E-state index contributed by atoms with van der Waals surface area (Å²) in [6, 6.07) is 16.3. The van der Waals surface area contributed by atoms with Crippen LogP contribution in [0.1, 0.15) is 35.2 Å². The van der Waals surface area contributed by atoms with Gasteiger partial charge in [0.1, 0.15) is 12.3 Å². The molecule has 0 saturated heterocycles. The summed E-state index contributed by atoms with van der Waals surface area (Å²) < 4.78 is 33.3. The lowest BCUT2D eigenvalue weighted by molar-refractivity contribution is -0.120. The SMILES string of the molecule is COc1ccc(S(=O)(=O)N(CC(=O)N[C@H](C)c2cc(C)c(C)cc2C)c2cccc(Cl)c2)cc1. The molecule has 0 heterocycles. The Labute approximate surface area is 206 Å². The van der Waals surface area contributed by atoms with Gasteiger partial charge in [0.15, 0.2) is 0 Å². The minimum atomic E-state index is -4.05. The quantitative estimate of drug-likeness (QED) is 0.452. The van der Waals surface area contributed by atoms with Crippen LogP contribution in [0.15, 0.2) is 65.6 Å². The highest BCUT2D eigenvalue weighted by atomic mass is 35.5. The van der Waals surface area contributed by atoms with Crippen LogP contribution in [0.5, 0.6) is 5.75 Å². The number of hydrogen-bond donors (Lipinski definition) is 1. The molecule has 8 heteroatoms. The lowest BCUT2D eigenvalue weighted by atomic mass is 9.96. The highest BCUT2D eigenvalue weighted by Gasteiger charge is 2.28. The molecule has 6 nitrogen and oxygen atoms in total. The van der Waals surface area contributed by atoms with Gasteiger partial charge in [-0.1, -0.05) is 29.8 Å². The van der Waals surface area contributed by atoms with Crippen LogP contribution in [0.4, 0.5) is 5.69 Å². The van der Waals surface area contributed by atoms with Gasteiger partial charge in [-0.2, -0.15) is 0 Å². The number of sulfonamides is 1. The maximum atomic E-state index is 13.5. The second-order valence-corrected chi connectivity index (χ2v) is 10.5. The number of ether oxygens (including phenoxy) is 1. The summed E-state index contributed by atoms with van der Waals surface area (Å²) in [5, 5.41) is 3.31. The van der Waals surface area contributed by atoms with Crippen LogP contribution in [-0.2, 0) is 14.8 Å². The molecule has 3 rings (SSSR count). The first-order chi connectivity index (χ1) is 16.0. The maximum Gasteiger partial charge on any atom is 0.264 e. The smallest absolute Gasteiger partial charge is 0.264 e. The van der Waals surface area contributed by atoms with E-state index in [0.717, 1.165) is 21.0 Å². The van der Waals surface area contributed by atoms with Gasteiger partial charge in [0.2, 0.25) is 5.91 Å². The summed E-state index contributed by atoms with van der Waals surface area (Å²) in [4.78, 5) is 13.1. The Bertz CT molecular complexity index is 1290. The molecule has 0 spiro atoms. The van der Waals surface area contributed by atoms with Crippen LogP contribution in [0.25, 0.3) is 0 Å². The lowest BCUT2D eigenvalue weighted by Gasteiger charge is -2.26. The molecule has 3 aromatic rings. The van der Waals surface area contributed by atoms with Crippen molar-refractivity contribution in [1.82, 2.24) is 5.32 Å². The fourth-order valence-corrected chi connectivity index (χ4v) is 5.36. The first-order valence-electron chi connectivity index (χ1n) is 10.8. The van der Waals surface area contributed by atoms with Gasteiger partial charge < -0.3 is 10.1 Å². The van der Waals surface area contributed by atoms with Crippen molar-refractivity contribution in [2.75, 3.05) is 18.0 Å². The minimum Gasteiger partial charge on any atom is -0.497 e. The molecule has 0 fully saturated rings. The average Bonchev–Trinajstić information content (AvgIpc) is 2.79. The minimum absolute atomic E-state index is 0.0409. The number of rotatable bonds is 8. The first-order valence-corrected chi connectivity index (χ1v) is 12.6. The molecule has 1 amide bonds. The van der Waals surface area contributed by atoms with Gasteiger partial charge in [-0.25, -0.2) is 8.42 Å². The number of amides is 1. The second-order valence-electron chi connectivity index (χ2n) is 8.25. The topological polar surface area (TPSA) is 75.7 Å². The summed E-state index contributed by atoms with van der Waals surface area (Å²) in [6.45, 7) is 7.55. The largest absolute Gasteiger partial charge is 0.497 e. The molecular weight excluding hydrogens is 472 g/mol. The molecule has 3 aromatic carbocycles. The van der Waals surface area contributed by atoms with E-state index in [1.54, 1.807) is 30.3 Å². The Morgan fingerprint density at radius 3 is 2.26 bits per heavy atom. The van der Waals surface area contributed by atoms with Crippen molar-refractivity contribution >= 4 is 33.2 Å². The van der Waals surface area contributed by atoms with E-state index >= 15 is 0 Å². The number of aryl methyl sites for hydroxylation is 3. The van der Waals surface area contributed by atoms with E-state index in [-0.39, 0.29) is 10.9 Å². The first kappa shape index (κ1) is 25.6. The van der Waals surface area contributed by atoms with Crippen molar-refractivity contribution in [3.63, 3.8) is 0 Å². The zero-order chi connectivity index (χ0) is 25.0. The van der Waals surface area contributed by atoms with E-state index in [9.17, 15) is 13.2 Å². The van der Waals surface area contributed by atoms with Crippen molar-refractivity contribution in [3.8, 4) is 5.75 Å². The predicted octanol–water partition coefficient (Wildman–Crippen LogP) is 5.35. The monoisotopic (exact) mass is 500 g/mol. The highest BCUT2D eigenvalue weighted by molar-refractivity contribution is 7.92. The Balaban J connectivity index is 1.91. The summed E-state index contributed by atoms with van der Waals surface area (Å²) in [5.74, 6) is 0.103. The Morgan fingerprint density at radius 2 is 1.65 bits per heavy atom. The number of hydrogen-bond acceptors (Lipinski definition) is 4. The van der Waals surface area contributed by atoms with Crippen LogP contribution in [-0.4, -0.2) is 28.0 Å². The molecule has 34 heavy (non-hydrogen) atoms. The number of methoxy groups -OCH3 is 1. The molecule has 0 saturated carbocycles. The third-order valence-electron chi connectivity index (χ3n) is 5.76. The van der Waals surface area contributed by atoms with Crippen molar-refractivity contribution < 1.29 is 17.9 Å². The molecule has 1 atom stereocenters. The standard InChI is InChI=1S/C26H29ClN2O4S/c1-17-13-19(3)25(14-18(17)2)20(4)28-26(30)16-29(22-8-6-7-21(27)15-22)34(31,32)24-11-9-23(33-5)10-12-24/h6-15,20H,16H2,1-5H3,(H,28,30)/t20-/m1/s1. The number of carbonyl (C=O) groups is 1. The van der Waals surface area contributed by atoms with Gasteiger partial charge in [0.05, 0.1) is 23.7 Å². The number of nitrogens with one attached hydrogen (secondary N) is 1. The second kappa shape index (κ2) is 10.5. The highest BCUT2D eigenvalue weighted by Crippen LogP contribution is 2.27. The van der Waals surface area contributed by atoms with Gasteiger partial charge >= 0.3 is 0 Å². The van der Waals surface area contributed by atoms with Gasteiger partial charge in [0, 0.05) is 5.02 Å². The van der Waals surface area contributed by atoms with Gasteiger partial charge in [-0.05, 0) is 92.4 Å². The molecule has 0 radical (unpaired) electrons. The van der Waals surface area contributed by atoms with E-state index in [0.29, 0.717) is 16.5 Å². The molecule has 0 aliphatic rings. The lowest BCUT2D eigenvalue weighted by Crippen LogP contribution is -2.41.